The number of nitrogens with zero attached hydrogens (tertiary/aromatic N) is 1. The van der Waals surface area contributed by atoms with E-state index < -0.39 is 0 Å². The summed E-state index contributed by atoms with van der Waals surface area (Å²) in [5.74, 6) is 0. The van der Waals surface area contributed by atoms with Crippen LogP contribution < -0.4 is 10.6 Å². The molecule has 3 rings (SSSR count). The highest BCUT2D eigenvalue weighted by molar-refractivity contribution is 6.30. The minimum atomic E-state index is -0.311. The molecule has 21 heavy (non-hydrogen) atoms. The van der Waals surface area contributed by atoms with E-state index in [0.29, 0.717) is 16.4 Å². The number of anilines is 2. The molecule has 0 saturated carbocycles. The largest absolute Gasteiger partial charge is 0.323 e. The SMILES string of the molecule is O=C(Nc1ccc(Cl)cc1)Nc1ccnc2ccccc12. The predicted molar refractivity (Wildman–Crippen MR) is 85.8 cm³/mol. The van der Waals surface area contributed by atoms with Crippen molar-refractivity contribution < 1.29 is 4.79 Å². The van der Waals surface area contributed by atoms with Gasteiger partial charge in [0.05, 0.1) is 11.2 Å². The Balaban J connectivity index is 1.79. The first-order chi connectivity index (χ1) is 10.2. The Kier molecular flexibility index (Phi) is 3.71. The summed E-state index contributed by atoms with van der Waals surface area (Å²) in [5.41, 5.74) is 2.23. The number of hydrogen-bond acceptors (Lipinski definition) is 2. The molecule has 0 saturated heterocycles. The Morgan fingerprint density at radius 1 is 0.952 bits per heavy atom. The van der Waals surface area contributed by atoms with E-state index in [-0.39, 0.29) is 6.03 Å². The van der Waals surface area contributed by atoms with Crippen LogP contribution in [0.15, 0.2) is 60.8 Å². The number of aromatic nitrogens is 1. The molecule has 0 atom stereocenters. The Hall–Kier alpha value is -2.59. The fourth-order valence-electron chi connectivity index (χ4n) is 2.02. The smallest absolute Gasteiger partial charge is 0.308 e. The number of amides is 2. The van der Waals surface area contributed by atoms with Gasteiger partial charge in [-0.15, -0.1) is 0 Å². The van der Waals surface area contributed by atoms with E-state index in [9.17, 15) is 4.79 Å². The van der Waals surface area contributed by atoms with E-state index in [2.05, 4.69) is 15.6 Å². The Labute approximate surface area is 126 Å². The number of carbonyl (C=O) groups excluding carboxylic acids is 1. The van der Waals surface area contributed by atoms with Crippen LogP contribution in [0.4, 0.5) is 16.2 Å². The molecule has 0 aliphatic rings. The Morgan fingerprint density at radius 3 is 2.52 bits per heavy atom. The zero-order valence-corrected chi connectivity index (χ0v) is 11.8. The molecule has 1 heterocycles. The second-order valence-electron chi connectivity index (χ2n) is 4.46. The standard InChI is InChI=1S/C16H12ClN3O/c17-11-5-7-12(8-6-11)19-16(21)20-15-9-10-18-14-4-2-1-3-13(14)15/h1-10H,(H2,18,19,20,21). The molecule has 0 unspecified atom stereocenters. The van der Waals surface area contributed by atoms with Crippen LogP contribution in [0.2, 0.25) is 5.02 Å². The molecule has 0 bridgehead atoms. The zero-order chi connectivity index (χ0) is 14.7. The summed E-state index contributed by atoms with van der Waals surface area (Å²) >= 11 is 5.81. The highest BCUT2D eigenvalue weighted by atomic mass is 35.5. The van der Waals surface area contributed by atoms with Gasteiger partial charge in [-0.05, 0) is 36.4 Å². The second kappa shape index (κ2) is 5.81. The number of urea groups is 1. The zero-order valence-electron chi connectivity index (χ0n) is 11.0. The second-order valence-corrected chi connectivity index (χ2v) is 4.90. The summed E-state index contributed by atoms with van der Waals surface area (Å²) < 4.78 is 0. The molecule has 4 nitrogen and oxygen atoms in total. The highest BCUT2D eigenvalue weighted by Crippen LogP contribution is 2.21. The topological polar surface area (TPSA) is 54.0 Å². The van der Waals surface area contributed by atoms with E-state index in [0.717, 1.165) is 10.9 Å². The van der Waals surface area contributed by atoms with Crippen molar-refractivity contribution in [1.29, 1.82) is 0 Å². The van der Waals surface area contributed by atoms with Gasteiger partial charge in [0.2, 0.25) is 0 Å². The average Bonchev–Trinajstić information content (AvgIpc) is 2.50. The summed E-state index contributed by atoms with van der Waals surface area (Å²) in [6, 6.07) is 16.0. The quantitative estimate of drug-likeness (QED) is 0.730. The molecule has 0 radical (unpaired) electrons. The van der Waals surface area contributed by atoms with E-state index >= 15 is 0 Å². The number of hydrogen-bond donors (Lipinski definition) is 2. The van der Waals surface area contributed by atoms with Crippen LogP contribution in [0.3, 0.4) is 0 Å². The minimum Gasteiger partial charge on any atom is -0.308 e. The molecule has 2 aromatic carbocycles. The van der Waals surface area contributed by atoms with Gasteiger partial charge in [0.15, 0.2) is 0 Å². The lowest BCUT2D eigenvalue weighted by atomic mass is 10.2. The number of halogens is 1. The van der Waals surface area contributed by atoms with Gasteiger partial charge in [0.25, 0.3) is 0 Å². The van der Waals surface area contributed by atoms with Gasteiger partial charge in [-0.3, -0.25) is 4.98 Å². The van der Waals surface area contributed by atoms with Crippen molar-refractivity contribution in [2.45, 2.75) is 0 Å². The van der Waals surface area contributed by atoms with Crippen molar-refractivity contribution >= 4 is 39.9 Å². The summed E-state index contributed by atoms with van der Waals surface area (Å²) in [4.78, 5) is 16.3. The van der Waals surface area contributed by atoms with Crippen molar-refractivity contribution in [1.82, 2.24) is 4.98 Å². The maximum atomic E-state index is 12.0. The number of carbonyl (C=O) groups is 1. The van der Waals surface area contributed by atoms with Gasteiger partial charge in [-0.1, -0.05) is 29.8 Å². The van der Waals surface area contributed by atoms with E-state index in [1.54, 1.807) is 36.5 Å². The molecule has 0 spiro atoms. The predicted octanol–water partition coefficient (Wildman–Crippen LogP) is 4.53. The Morgan fingerprint density at radius 2 is 1.71 bits per heavy atom. The molecule has 2 amide bonds. The normalized spacial score (nSPS) is 10.3. The van der Waals surface area contributed by atoms with Gasteiger partial charge in [-0.2, -0.15) is 0 Å². The summed E-state index contributed by atoms with van der Waals surface area (Å²) in [5, 5.41) is 7.10. The third kappa shape index (κ3) is 3.12. The molecular formula is C16H12ClN3O. The van der Waals surface area contributed by atoms with Gasteiger partial charge in [0, 0.05) is 22.3 Å². The van der Waals surface area contributed by atoms with Crippen molar-refractivity contribution in [2.24, 2.45) is 0 Å². The summed E-state index contributed by atoms with van der Waals surface area (Å²) in [6.45, 7) is 0. The van der Waals surface area contributed by atoms with Crippen molar-refractivity contribution in [3.63, 3.8) is 0 Å². The lowest BCUT2D eigenvalue weighted by Gasteiger charge is -2.09. The van der Waals surface area contributed by atoms with Crippen LogP contribution in [0.5, 0.6) is 0 Å². The van der Waals surface area contributed by atoms with E-state index in [4.69, 9.17) is 11.6 Å². The lowest BCUT2D eigenvalue weighted by molar-refractivity contribution is 0.262. The number of pyridine rings is 1. The third-order valence-electron chi connectivity index (χ3n) is 3.00. The van der Waals surface area contributed by atoms with Gasteiger partial charge in [-0.25, -0.2) is 4.79 Å². The maximum absolute atomic E-state index is 12.0. The number of fused-ring (bicyclic) bond motifs is 1. The minimum absolute atomic E-state index is 0.311. The number of benzene rings is 2. The first-order valence-corrected chi connectivity index (χ1v) is 6.77. The van der Waals surface area contributed by atoms with Gasteiger partial charge in [0.1, 0.15) is 0 Å². The fourth-order valence-corrected chi connectivity index (χ4v) is 2.15. The van der Waals surface area contributed by atoms with Crippen LogP contribution in [0.1, 0.15) is 0 Å². The molecule has 104 valence electrons. The Bertz CT molecular complexity index is 782. The third-order valence-corrected chi connectivity index (χ3v) is 3.25. The molecular weight excluding hydrogens is 286 g/mol. The summed E-state index contributed by atoms with van der Waals surface area (Å²) in [7, 11) is 0. The fraction of sp³-hybridized carbons (Fsp3) is 0. The van der Waals surface area contributed by atoms with Crippen LogP contribution >= 0.6 is 11.6 Å². The lowest BCUT2D eigenvalue weighted by Crippen LogP contribution is -2.19. The van der Waals surface area contributed by atoms with Crippen LogP contribution in [-0.4, -0.2) is 11.0 Å². The van der Waals surface area contributed by atoms with E-state index in [1.165, 1.54) is 0 Å². The van der Waals surface area contributed by atoms with Crippen LogP contribution in [-0.2, 0) is 0 Å². The van der Waals surface area contributed by atoms with E-state index in [1.807, 2.05) is 24.3 Å². The monoisotopic (exact) mass is 297 g/mol. The molecule has 5 heteroatoms. The molecule has 0 aliphatic heterocycles. The van der Waals surface area contributed by atoms with Gasteiger partial charge >= 0.3 is 6.03 Å². The molecule has 0 aliphatic carbocycles. The average molecular weight is 298 g/mol. The van der Waals surface area contributed by atoms with Crippen molar-refractivity contribution in [3.05, 3.63) is 65.8 Å². The highest BCUT2D eigenvalue weighted by Gasteiger charge is 2.06. The molecule has 1 aromatic heterocycles. The number of nitrogens with one attached hydrogen (secondary N) is 2. The van der Waals surface area contributed by atoms with Gasteiger partial charge < -0.3 is 10.6 Å². The van der Waals surface area contributed by atoms with Crippen LogP contribution in [0, 0.1) is 0 Å². The molecule has 3 aromatic rings. The summed E-state index contributed by atoms with van der Waals surface area (Å²) in [6.07, 6.45) is 1.67. The van der Waals surface area contributed by atoms with Crippen molar-refractivity contribution in [2.75, 3.05) is 10.6 Å². The van der Waals surface area contributed by atoms with Crippen LogP contribution in [0.25, 0.3) is 10.9 Å². The molecule has 0 fully saturated rings. The maximum Gasteiger partial charge on any atom is 0.323 e. The number of para-hydroxylation sites is 1. The first kappa shape index (κ1) is 13.4. The first-order valence-electron chi connectivity index (χ1n) is 6.40. The number of rotatable bonds is 2. The van der Waals surface area contributed by atoms with Crippen molar-refractivity contribution in [3.8, 4) is 0 Å². The molecule has 2 N–H and O–H groups in total.